The highest BCUT2D eigenvalue weighted by atomic mass is 16.3. The molecule has 0 bridgehead atoms. The Hall–Kier alpha value is -1.88. The average molecular weight is 218 g/mol. The fourth-order valence-electron chi connectivity index (χ4n) is 1.62. The van der Waals surface area contributed by atoms with Crippen LogP contribution in [0.2, 0.25) is 0 Å². The third-order valence-electron chi connectivity index (χ3n) is 2.47. The van der Waals surface area contributed by atoms with E-state index < -0.39 is 0 Å². The Morgan fingerprint density at radius 3 is 2.62 bits per heavy atom. The Morgan fingerprint density at radius 2 is 2.06 bits per heavy atom. The molecule has 0 fully saturated rings. The Labute approximate surface area is 93.5 Å². The van der Waals surface area contributed by atoms with Crippen LogP contribution in [0, 0.1) is 0 Å². The summed E-state index contributed by atoms with van der Waals surface area (Å²) in [5.41, 5.74) is 7.09. The smallest absolute Gasteiger partial charge is 0.143 e. The molecule has 1 aromatic carbocycles. The van der Waals surface area contributed by atoms with E-state index in [1.807, 2.05) is 19.2 Å². The standard InChI is InChI=1S/C11H14N4O/c1-15-11(13-7-14-15)10(12)6-8-2-4-9(16)5-3-8/h2-5,7,10,16H,6,12H2,1H3. The molecule has 3 N–H and O–H groups in total. The Bertz CT molecular complexity index is 463. The lowest BCUT2D eigenvalue weighted by Crippen LogP contribution is -2.18. The maximum absolute atomic E-state index is 9.16. The van der Waals surface area contributed by atoms with E-state index in [9.17, 15) is 0 Å². The van der Waals surface area contributed by atoms with Gasteiger partial charge in [-0.2, -0.15) is 5.10 Å². The lowest BCUT2D eigenvalue weighted by atomic mass is 10.1. The number of nitrogens with two attached hydrogens (primary N) is 1. The van der Waals surface area contributed by atoms with Gasteiger partial charge in [-0.1, -0.05) is 12.1 Å². The van der Waals surface area contributed by atoms with Crippen LogP contribution in [-0.4, -0.2) is 19.9 Å². The predicted octanol–water partition coefficient (Wildman–Crippen LogP) is 0.763. The van der Waals surface area contributed by atoms with Gasteiger partial charge in [0.2, 0.25) is 0 Å². The molecule has 0 aliphatic carbocycles. The zero-order valence-electron chi connectivity index (χ0n) is 9.04. The topological polar surface area (TPSA) is 77.0 Å². The summed E-state index contributed by atoms with van der Waals surface area (Å²) in [6, 6.07) is 6.83. The van der Waals surface area contributed by atoms with E-state index in [-0.39, 0.29) is 11.8 Å². The van der Waals surface area contributed by atoms with E-state index in [0.29, 0.717) is 6.42 Å². The van der Waals surface area contributed by atoms with Gasteiger partial charge >= 0.3 is 0 Å². The highest BCUT2D eigenvalue weighted by molar-refractivity contribution is 5.26. The first-order chi connectivity index (χ1) is 7.66. The van der Waals surface area contributed by atoms with Crippen molar-refractivity contribution in [3.05, 3.63) is 42.0 Å². The summed E-state index contributed by atoms with van der Waals surface area (Å²) in [5, 5.41) is 13.1. The number of hydrogen-bond acceptors (Lipinski definition) is 4. The van der Waals surface area contributed by atoms with Crippen LogP contribution in [0.4, 0.5) is 0 Å². The van der Waals surface area contributed by atoms with Crippen LogP contribution in [0.3, 0.4) is 0 Å². The number of aromatic hydroxyl groups is 1. The number of phenols is 1. The normalized spacial score (nSPS) is 12.6. The SMILES string of the molecule is Cn1ncnc1C(N)Cc1ccc(O)cc1. The quantitative estimate of drug-likeness (QED) is 0.797. The molecular weight excluding hydrogens is 204 g/mol. The number of nitrogens with zero attached hydrogens (tertiary/aromatic N) is 3. The van der Waals surface area contributed by atoms with E-state index in [0.717, 1.165) is 11.4 Å². The fourth-order valence-corrected chi connectivity index (χ4v) is 1.62. The van der Waals surface area contributed by atoms with Crippen LogP contribution in [0.15, 0.2) is 30.6 Å². The monoisotopic (exact) mass is 218 g/mol. The molecule has 0 radical (unpaired) electrons. The van der Waals surface area contributed by atoms with E-state index in [2.05, 4.69) is 10.1 Å². The van der Waals surface area contributed by atoms with Gasteiger partial charge in [0.05, 0.1) is 6.04 Å². The second kappa shape index (κ2) is 4.32. The third kappa shape index (κ3) is 2.20. The zero-order valence-corrected chi connectivity index (χ0v) is 9.04. The average Bonchev–Trinajstić information content (AvgIpc) is 2.68. The molecule has 5 heteroatoms. The molecule has 0 aliphatic heterocycles. The summed E-state index contributed by atoms with van der Waals surface area (Å²) in [6.07, 6.45) is 2.17. The second-order valence-corrected chi connectivity index (χ2v) is 3.72. The molecule has 1 unspecified atom stereocenters. The third-order valence-corrected chi connectivity index (χ3v) is 2.47. The molecular formula is C11H14N4O. The van der Waals surface area contributed by atoms with Crippen molar-refractivity contribution >= 4 is 0 Å². The van der Waals surface area contributed by atoms with Gasteiger partial charge in [0.1, 0.15) is 17.9 Å². The van der Waals surface area contributed by atoms with Gasteiger partial charge in [-0.15, -0.1) is 0 Å². The Morgan fingerprint density at radius 1 is 1.38 bits per heavy atom. The molecule has 84 valence electrons. The van der Waals surface area contributed by atoms with Gasteiger partial charge in [-0.25, -0.2) is 4.98 Å². The van der Waals surface area contributed by atoms with Gasteiger partial charge in [0.25, 0.3) is 0 Å². The van der Waals surface area contributed by atoms with Gasteiger partial charge in [-0.3, -0.25) is 4.68 Å². The number of phenolic OH excluding ortho intramolecular Hbond substituents is 1. The molecule has 2 aromatic rings. The highest BCUT2D eigenvalue weighted by Crippen LogP contribution is 2.15. The van der Waals surface area contributed by atoms with E-state index in [1.165, 1.54) is 6.33 Å². The van der Waals surface area contributed by atoms with Crippen LogP contribution >= 0.6 is 0 Å². The van der Waals surface area contributed by atoms with Crippen LogP contribution in [0.5, 0.6) is 5.75 Å². The van der Waals surface area contributed by atoms with Gasteiger partial charge in [0.15, 0.2) is 0 Å². The lowest BCUT2D eigenvalue weighted by Gasteiger charge is -2.10. The molecule has 1 atom stereocenters. The maximum Gasteiger partial charge on any atom is 0.143 e. The number of rotatable bonds is 3. The Kier molecular flexibility index (Phi) is 2.87. The number of aryl methyl sites for hydroxylation is 1. The fraction of sp³-hybridized carbons (Fsp3) is 0.273. The van der Waals surface area contributed by atoms with Gasteiger partial charge in [0, 0.05) is 7.05 Å². The highest BCUT2D eigenvalue weighted by Gasteiger charge is 2.12. The van der Waals surface area contributed by atoms with Crippen molar-refractivity contribution in [1.82, 2.24) is 14.8 Å². The first-order valence-corrected chi connectivity index (χ1v) is 5.04. The molecule has 1 heterocycles. The van der Waals surface area contributed by atoms with Crippen LogP contribution in [-0.2, 0) is 13.5 Å². The van der Waals surface area contributed by atoms with Crippen LogP contribution in [0.1, 0.15) is 17.4 Å². The van der Waals surface area contributed by atoms with Crippen molar-refractivity contribution < 1.29 is 5.11 Å². The van der Waals surface area contributed by atoms with Crippen molar-refractivity contribution in [1.29, 1.82) is 0 Å². The van der Waals surface area contributed by atoms with Gasteiger partial charge < -0.3 is 10.8 Å². The molecule has 2 rings (SSSR count). The first-order valence-electron chi connectivity index (χ1n) is 5.04. The summed E-state index contributed by atoms with van der Waals surface area (Å²) in [6.45, 7) is 0. The van der Waals surface area contributed by atoms with E-state index in [1.54, 1.807) is 16.8 Å². The van der Waals surface area contributed by atoms with E-state index >= 15 is 0 Å². The molecule has 5 nitrogen and oxygen atoms in total. The molecule has 0 spiro atoms. The molecule has 0 saturated heterocycles. The Balaban J connectivity index is 2.10. The van der Waals surface area contributed by atoms with Crippen LogP contribution in [0.25, 0.3) is 0 Å². The molecule has 1 aromatic heterocycles. The van der Waals surface area contributed by atoms with Crippen molar-refractivity contribution in [2.24, 2.45) is 12.8 Å². The second-order valence-electron chi connectivity index (χ2n) is 3.72. The van der Waals surface area contributed by atoms with Gasteiger partial charge in [-0.05, 0) is 24.1 Å². The molecule has 0 aliphatic rings. The zero-order chi connectivity index (χ0) is 11.5. The minimum absolute atomic E-state index is 0.183. The summed E-state index contributed by atoms with van der Waals surface area (Å²) >= 11 is 0. The minimum atomic E-state index is -0.183. The van der Waals surface area contributed by atoms with Crippen molar-refractivity contribution in [3.8, 4) is 5.75 Å². The van der Waals surface area contributed by atoms with E-state index in [4.69, 9.17) is 10.8 Å². The summed E-state index contributed by atoms with van der Waals surface area (Å²) in [5.74, 6) is 1.02. The molecule has 0 amide bonds. The first kappa shape index (κ1) is 10.6. The minimum Gasteiger partial charge on any atom is -0.508 e. The van der Waals surface area contributed by atoms with Crippen molar-refractivity contribution in [2.75, 3.05) is 0 Å². The largest absolute Gasteiger partial charge is 0.508 e. The number of benzene rings is 1. The molecule has 0 saturated carbocycles. The lowest BCUT2D eigenvalue weighted by molar-refractivity contribution is 0.475. The van der Waals surface area contributed by atoms with Crippen molar-refractivity contribution in [3.63, 3.8) is 0 Å². The summed E-state index contributed by atoms with van der Waals surface area (Å²) in [4.78, 5) is 4.11. The predicted molar refractivity (Wildman–Crippen MR) is 59.7 cm³/mol. The number of hydrogen-bond donors (Lipinski definition) is 2. The number of aromatic nitrogens is 3. The summed E-state index contributed by atoms with van der Waals surface area (Å²) in [7, 11) is 1.82. The van der Waals surface area contributed by atoms with Crippen LogP contribution < -0.4 is 5.73 Å². The maximum atomic E-state index is 9.16. The van der Waals surface area contributed by atoms with Crippen molar-refractivity contribution in [2.45, 2.75) is 12.5 Å². The molecule has 16 heavy (non-hydrogen) atoms. The summed E-state index contributed by atoms with van der Waals surface area (Å²) < 4.78 is 1.67.